The summed E-state index contributed by atoms with van der Waals surface area (Å²) >= 11 is 12.2. The van der Waals surface area contributed by atoms with Crippen molar-refractivity contribution in [2.75, 3.05) is 5.32 Å². The number of aliphatic carboxylic acids is 1. The van der Waals surface area contributed by atoms with Gasteiger partial charge < -0.3 is 20.5 Å². The van der Waals surface area contributed by atoms with Crippen LogP contribution in [0.25, 0.3) is 0 Å². The van der Waals surface area contributed by atoms with Gasteiger partial charge in [-0.05, 0) is 63.6 Å². The summed E-state index contributed by atoms with van der Waals surface area (Å²) in [5.74, 6) is -1.06. The van der Waals surface area contributed by atoms with Crippen molar-refractivity contribution in [3.8, 4) is 5.75 Å². The van der Waals surface area contributed by atoms with Crippen LogP contribution in [-0.4, -0.2) is 35.2 Å². The second-order valence-electron chi connectivity index (χ2n) is 7.74. The topological polar surface area (TPSA) is 112 Å². The summed E-state index contributed by atoms with van der Waals surface area (Å²) in [7, 11) is 0. The van der Waals surface area contributed by atoms with E-state index in [0.29, 0.717) is 21.5 Å². The van der Waals surface area contributed by atoms with Gasteiger partial charge in [0.15, 0.2) is 0 Å². The number of aliphatic imine (C=N–C) groups is 1. The summed E-state index contributed by atoms with van der Waals surface area (Å²) < 4.78 is 5.64. The molecule has 0 spiro atoms. The average Bonchev–Trinajstić information content (AvgIpc) is 2.74. The number of anilines is 1. The number of urea groups is 1. The molecule has 2 aromatic rings. The van der Waals surface area contributed by atoms with E-state index in [1.54, 1.807) is 37.3 Å². The third-order valence-electron chi connectivity index (χ3n) is 4.62. The Morgan fingerprint density at radius 3 is 2.30 bits per heavy atom. The summed E-state index contributed by atoms with van der Waals surface area (Å²) in [4.78, 5) is 28.1. The van der Waals surface area contributed by atoms with Crippen LogP contribution in [0.2, 0.25) is 10.0 Å². The van der Waals surface area contributed by atoms with Gasteiger partial charge in [0.05, 0.1) is 23.6 Å². The Kier molecular flexibility index (Phi) is 9.81. The Hall–Kier alpha value is -2.97. The van der Waals surface area contributed by atoms with E-state index in [9.17, 15) is 9.59 Å². The Labute approximate surface area is 203 Å². The van der Waals surface area contributed by atoms with Gasteiger partial charge in [0.2, 0.25) is 5.96 Å². The molecule has 33 heavy (non-hydrogen) atoms. The molecule has 10 heteroatoms. The van der Waals surface area contributed by atoms with Crippen LogP contribution >= 0.6 is 23.2 Å². The molecule has 0 unspecified atom stereocenters. The molecule has 0 aliphatic carbocycles. The number of carboxylic acids is 1. The van der Waals surface area contributed by atoms with Crippen LogP contribution in [0, 0.1) is 5.92 Å². The SMILES string of the molecule is CC(C)Oc1ccc(NC(=NCc2ccc(Cl)cc2)NC(=O)N[C@@H](C)[C@@H](C)C(=O)O)cc1Cl. The standard InChI is InChI=1S/C23H28Cl2N4O4/c1-13(2)33-20-10-9-18(11-19(20)25)28-22(26-12-16-5-7-17(24)8-6-16)29-23(32)27-15(4)14(3)21(30)31/h5-11,13-15H,12H2,1-4H3,(H,30,31)(H3,26,27,28,29,32)/t14-,15+/m1/s1. The van der Waals surface area contributed by atoms with E-state index >= 15 is 0 Å². The molecule has 2 aromatic carbocycles. The third-order valence-corrected chi connectivity index (χ3v) is 5.17. The molecule has 178 valence electrons. The first-order valence-electron chi connectivity index (χ1n) is 10.4. The van der Waals surface area contributed by atoms with Crippen LogP contribution in [-0.2, 0) is 11.3 Å². The Balaban J connectivity index is 2.18. The van der Waals surface area contributed by atoms with E-state index in [2.05, 4.69) is 20.9 Å². The van der Waals surface area contributed by atoms with Crippen molar-refractivity contribution in [1.82, 2.24) is 10.6 Å². The molecule has 0 aliphatic heterocycles. The normalized spacial score (nSPS) is 13.2. The molecule has 8 nitrogen and oxygen atoms in total. The first-order chi connectivity index (χ1) is 15.5. The van der Waals surface area contributed by atoms with Gasteiger partial charge in [-0.25, -0.2) is 9.79 Å². The number of rotatable bonds is 8. The lowest BCUT2D eigenvalue weighted by atomic mass is 10.0. The van der Waals surface area contributed by atoms with Gasteiger partial charge in [0.25, 0.3) is 0 Å². The average molecular weight is 495 g/mol. The number of carbonyl (C=O) groups excluding carboxylic acids is 1. The van der Waals surface area contributed by atoms with E-state index in [0.717, 1.165) is 5.56 Å². The first kappa shape index (κ1) is 26.3. The molecule has 2 amide bonds. The Bertz CT molecular complexity index is 996. The van der Waals surface area contributed by atoms with Crippen LogP contribution in [0.15, 0.2) is 47.5 Å². The predicted octanol–water partition coefficient (Wildman–Crippen LogP) is 5.16. The number of amides is 2. The zero-order chi connectivity index (χ0) is 24.5. The number of guanidine groups is 1. The van der Waals surface area contributed by atoms with Crippen molar-refractivity contribution < 1.29 is 19.4 Å². The molecular weight excluding hydrogens is 467 g/mol. The maximum atomic E-state index is 12.5. The largest absolute Gasteiger partial charge is 0.489 e. The number of carbonyl (C=O) groups is 2. The van der Waals surface area contributed by atoms with Crippen LogP contribution < -0.4 is 20.7 Å². The van der Waals surface area contributed by atoms with Gasteiger partial charge >= 0.3 is 12.0 Å². The maximum absolute atomic E-state index is 12.5. The lowest BCUT2D eigenvalue weighted by molar-refractivity contribution is -0.141. The fraction of sp³-hybridized carbons (Fsp3) is 0.348. The highest BCUT2D eigenvalue weighted by Crippen LogP contribution is 2.28. The molecule has 0 bridgehead atoms. The van der Waals surface area contributed by atoms with Crippen LogP contribution in [0.5, 0.6) is 5.75 Å². The number of hydrogen-bond donors (Lipinski definition) is 4. The minimum absolute atomic E-state index is 0.0293. The summed E-state index contributed by atoms with van der Waals surface area (Å²) in [5, 5.41) is 18.4. The highest BCUT2D eigenvalue weighted by molar-refractivity contribution is 6.32. The van der Waals surface area contributed by atoms with Crippen molar-refractivity contribution in [2.45, 2.75) is 46.4 Å². The summed E-state index contributed by atoms with van der Waals surface area (Å²) in [6, 6.07) is 11.1. The van der Waals surface area contributed by atoms with Gasteiger partial charge in [0.1, 0.15) is 5.75 Å². The van der Waals surface area contributed by atoms with E-state index in [1.807, 2.05) is 26.0 Å². The Morgan fingerprint density at radius 1 is 1.06 bits per heavy atom. The number of nitrogens with one attached hydrogen (secondary N) is 3. The fourth-order valence-corrected chi connectivity index (χ4v) is 2.98. The predicted molar refractivity (Wildman–Crippen MR) is 131 cm³/mol. The van der Waals surface area contributed by atoms with Gasteiger partial charge in [-0.1, -0.05) is 35.3 Å². The molecule has 0 aliphatic rings. The summed E-state index contributed by atoms with van der Waals surface area (Å²) in [6.07, 6.45) is -0.0293. The lowest BCUT2D eigenvalue weighted by Gasteiger charge is -2.19. The van der Waals surface area contributed by atoms with Crippen molar-refractivity contribution in [2.24, 2.45) is 10.9 Å². The van der Waals surface area contributed by atoms with Gasteiger partial charge in [-0.2, -0.15) is 0 Å². The van der Waals surface area contributed by atoms with Gasteiger partial charge in [0, 0.05) is 16.8 Å². The monoisotopic (exact) mass is 494 g/mol. The fourth-order valence-electron chi connectivity index (χ4n) is 2.62. The second-order valence-corrected chi connectivity index (χ2v) is 8.59. The number of halogens is 2. The quantitative estimate of drug-likeness (QED) is 0.299. The zero-order valence-electron chi connectivity index (χ0n) is 18.9. The van der Waals surface area contributed by atoms with Crippen LogP contribution in [0.3, 0.4) is 0 Å². The number of ether oxygens (including phenoxy) is 1. The molecule has 0 saturated carbocycles. The highest BCUT2D eigenvalue weighted by Gasteiger charge is 2.21. The smallest absolute Gasteiger partial charge is 0.321 e. The molecule has 0 aromatic heterocycles. The molecule has 2 atom stereocenters. The van der Waals surface area contributed by atoms with Crippen molar-refractivity contribution in [1.29, 1.82) is 0 Å². The van der Waals surface area contributed by atoms with E-state index in [-0.39, 0.29) is 18.6 Å². The number of nitrogens with zero attached hydrogens (tertiary/aromatic N) is 1. The molecule has 0 radical (unpaired) electrons. The van der Waals surface area contributed by atoms with E-state index < -0.39 is 24.0 Å². The second kappa shape index (κ2) is 12.3. The molecular formula is C23H28Cl2N4O4. The van der Waals surface area contributed by atoms with Crippen LogP contribution in [0.1, 0.15) is 33.3 Å². The van der Waals surface area contributed by atoms with Gasteiger partial charge in [-0.15, -0.1) is 0 Å². The van der Waals surface area contributed by atoms with Crippen molar-refractivity contribution in [3.05, 3.63) is 58.1 Å². The van der Waals surface area contributed by atoms with Crippen LogP contribution in [0.4, 0.5) is 10.5 Å². The maximum Gasteiger partial charge on any atom is 0.321 e. The molecule has 4 N–H and O–H groups in total. The Morgan fingerprint density at radius 2 is 1.73 bits per heavy atom. The summed E-state index contributed by atoms with van der Waals surface area (Å²) in [5.41, 5.74) is 1.46. The molecule has 0 fully saturated rings. The van der Waals surface area contributed by atoms with Gasteiger partial charge in [-0.3, -0.25) is 10.1 Å². The van der Waals surface area contributed by atoms with Crippen molar-refractivity contribution >= 4 is 46.8 Å². The minimum atomic E-state index is -1.00. The summed E-state index contributed by atoms with van der Waals surface area (Å²) in [6.45, 7) is 7.20. The molecule has 0 saturated heterocycles. The lowest BCUT2D eigenvalue weighted by Crippen LogP contribution is -2.48. The molecule has 2 rings (SSSR count). The number of benzene rings is 2. The number of carboxylic acid groups (broad SMARTS) is 1. The van der Waals surface area contributed by atoms with E-state index in [1.165, 1.54) is 6.92 Å². The van der Waals surface area contributed by atoms with E-state index in [4.69, 9.17) is 33.0 Å². The zero-order valence-corrected chi connectivity index (χ0v) is 20.4. The first-order valence-corrected chi connectivity index (χ1v) is 11.1. The highest BCUT2D eigenvalue weighted by atomic mass is 35.5. The third kappa shape index (κ3) is 8.82. The van der Waals surface area contributed by atoms with Crippen molar-refractivity contribution in [3.63, 3.8) is 0 Å². The molecule has 0 heterocycles. The minimum Gasteiger partial charge on any atom is -0.489 e. The number of hydrogen-bond acceptors (Lipinski definition) is 4.